The van der Waals surface area contributed by atoms with Gasteiger partial charge in [0.05, 0.1) is 24.7 Å². The number of anilines is 1. The molecule has 4 nitrogen and oxygen atoms in total. The second-order valence-electron chi connectivity index (χ2n) is 3.80. The Kier molecular flexibility index (Phi) is 3.18. The van der Waals surface area contributed by atoms with E-state index < -0.39 is 0 Å². The molecule has 1 aromatic carbocycles. The number of hydrogen-bond donors (Lipinski definition) is 1. The molecule has 0 atom stereocenters. The molecule has 16 heavy (non-hydrogen) atoms. The molecule has 1 saturated heterocycles. The maximum Gasteiger partial charge on any atom is 0.165 e. The molecule has 0 radical (unpaired) electrons. The van der Waals surface area contributed by atoms with Crippen LogP contribution in [0, 0.1) is 11.3 Å². The Bertz CT molecular complexity index is 419. The summed E-state index contributed by atoms with van der Waals surface area (Å²) in [5.41, 5.74) is 1.64. The van der Waals surface area contributed by atoms with Crippen LogP contribution >= 0.6 is 0 Å². The Balaban J connectivity index is 2.16. The highest BCUT2D eigenvalue weighted by Crippen LogP contribution is 2.15. The Labute approximate surface area is 94.5 Å². The third kappa shape index (κ3) is 2.38. The van der Waals surface area contributed by atoms with Gasteiger partial charge in [-0.2, -0.15) is 5.26 Å². The van der Waals surface area contributed by atoms with Crippen LogP contribution in [-0.2, 0) is 4.79 Å². The van der Waals surface area contributed by atoms with Crippen LogP contribution in [0.15, 0.2) is 24.3 Å². The molecule has 0 saturated carbocycles. The van der Waals surface area contributed by atoms with Gasteiger partial charge in [-0.25, -0.2) is 0 Å². The van der Waals surface area contributed by atoms with Crippen molar-refractivity contribution in [2.75, 3.05) is 31.1 Å². The molecule has 0 amide bonds. The largest absolute Gasteiger partial charge is 0.363 e. The zero-order valence-corrected chi connectivity index (χ0v) is 8.94. The number of rotatable bonds is 1. The Hall–Kier alpha value is -1.86. The van der Waals surface area contributed by atoms with Gasteiger partial charge in [-0.15, -0.1) is 0 Å². The zero-order chi connectivity index (χ0) is 11.4. The molecule has 1 aromatic rings. The Morgan fingerprint density at radius 1 is 1.31 bits per heavy atom. The van der Waals surface area contributed by atoms with Crippen LogP contribution in [0.3, 0.4) is 0 Å². The monoisotopic (exact) mass is 215 g/mol. The van der Waals surface area contributed by atoms with Crippen molar-refractivity contribution in [1.82, 2.24) is 5.32 Å². The average Bonchev–Trinajstić information content (AvgIpc) is 2.54. The molecular weight excluding hydrogens is 202 g/mol. The van der Waals surface area contributed by atoms with Gasteiger partial charge in [-0.3, -0.25) is 4.79 Å². The van der Waals surface area contributed by atoms with Gasteiger partial charge in [0, 0.05) is 18.8 Å². The van der Waals surface area contributed by atoms with E-state index in [-0.39, 0.29) is 5.78 Å². The fourth-order valence-corrected chi connectivity index (χ4v) is 1.76. The van der Waals surface area contributed by atoms with Crippen LogP contribution in [0.5, 0.6) is 0 Å². The molecule has 0 unspecified atom stereocenters. The molecule has 0 spiro atoms. The second-order valence-corrected chi connectivity index (χ2v) is 3.80. The van der Waals surface area contributed by atoms with Gasteiger partial charge in [0.15, 0.2) is 5.78 Å². The van der Waals surface area contributed by atoms with Gasteiger partial charge >= 0.3 is 0 Å². The summed E-state index contributed by atoms with van der Waals surface area (Å²) in [4.78, 5) is 13.5. The van der Waals surface area contributed by atoms with Crippen molar-refractivity contribution in [1.29, 1.82) is 5.26 Å². The van der Waals surface area contributed by atoms with Crippen LogP contribution < -0.4 is 10.2 Å². The van der Waals surface area contributed by atoms with Crippen LogP contribution in [0.2, 0.25) is 0 Å². The lowest BCUT2D eigenvalue weighted by atomic mass is 10.2. The molecule has 82 valence electrons. The molecule has 4 heteroatoms. The predicted molar refractivity (Wildman–Crippen MR) is 61.2 cm³/mol. The zero-order valence-electron chi connectivity index (χ0n) is 8.94. The van der Waals surface area contributed by atoms with Crippen molar-refractivity contribution in [3.05, 3.63) is 29.8 Å². The summed E-state index contributed by atoms with van der Waals surface area (Å²) < 4.78 is 0. The molecule has 2 rings (SSSR count). The first-order valence-electron chi connectivity index (χ1n) is 5.27. The van der Waals surface area contributed by atoms with Gasteiger partial charge in [0.25, 0.3) is 0 Å². The van der Waals surface area contributed by atoms with Gasteiger partial charge in [-0.05, 0) is 24.3 Å². The lowest BCUT2D eigenvalue weighted by Crippen LogP contribution is -2.29. The van der Waals surface area contributed by atoms with Crippen molar-refractivity contribution in [3.63, 3.8) is 0 Å². The normalized spacial score (nSPS) is 16.7. The standard InChI is InChI=1S/C12H13N3O/c13-7-10-1-3-11(4-2-10)15-6-5-14-8-12(16)9-15/h1-4,14H,5-6,8-9H2. The first-order valence-corrected chi connectivity index (χ1v) is 5.27. The number of hydrogen-bond acceptors (Lipinski definition) is 4. The minimum atomic E-state index is 0.196. The highest BCUT2D eigenvalue weighted by atomic mass is 16.1. The number of carbonyl (C=O) groups excluding carboxylic acids is 1. The lowest BCUT2D eigenvalue weighted by Gasteiger charge is -2.21. The molecule has 1 heterocycles. The Morgan fingerprint density at radius 2 is 2.06 bits per heavy atom. The van der Waals surface area contributed by atoms with Crippen molar-refractivity contribution in [3.8, 4) is 6.07 Å². The van der Waals surface area contributed by atoms with Gasteiger partial charge in [0.2, 0.25) is 0 Å². The minimum Gasteiger partial charge on any atom is -0.363 e. The van der Waals surface area contributed by atoms with E-state index in [0.717, 1.165) is 18.8 Å². The quantitative estimate of drug-likeness (QED) is 0.742. The number of benzene rings is 1. The Morgan fingerprint density at radius 3 is 2.75 bits per heavy atom. The number of nitrogens with zero attached hydrogens (tertiary/aromatic N) is 2. The number of Topliss-reactive ketones (excluding diaryl/α,β-unsaturated/α-hetero) is 1. The maximum atomic E-state index is 11.4. The number of carbonyl (C=O) groups is 1. The summed E-state index contributed by atoms with van der Waals surface area (Å²) in [5.74, 6) is 0.196. The van der Waals surface area contributed by atoms with E-state index in [4.69, 9.17) is 5.26 Å². The highest BCUT2D eigenvalue weighted by Gasteiger charge is 2.14. The summed E-state index contributed by atoms with van der Waals surface area (Å²) in [7, 11) is 0. The van der Waals surface area contributed by atoms with Gasteiger partial charge in [0.1, 0.15) is 0 Å². The van der Waals surface area contributed by atoms with Crippen molar-refractivity contribution in [2.45, 2.75) is 0 Å². The summed E-state index contributed by atoms with van der Waals surface area (Å²) in [6.07, 6.45) is 0. The van der Waals surface area contributed by atoms with Crippen LogP contribution in [0.4, 0.5) is 5.69 Å². The average molecular weight is 215 g/mol. The summed E-state index contributed by atoms with van der Waals surface area (Å²) in [6, 6.07) is 9.40. The molecule has 0 aliphatic carbocycles. The molecular formula is C12H13N3O. The number of nitriles is 1. The topological polar surface area (TPSA) is 56.1 Å². The van der Waals surface area contributed by atoms with Gasteiger partial charge in [-0.1, -0.05) is 0 Å². The van der Waals surface area contributed by atoms with E-state index in [1.807, 2.05) is 17.0 Å². The summed E-state index contributed by atoms with van der Waals surface area (Å²) in [6.45, 7) is 2.52. The maximum absolute atomic E-state index is 11.4. The third-order valence-electron chi connectivity index (χ3n) is 2.61. The smallest absolute Gasteiger partial charge is 0.165 e. The van der Waals surface area contributed by atoms with Crippen LogP contribution in [0.25, 0.3) is 0 Å². The van der Waals surface area contributed by atoms with E-state index in [0.29, 0.717) is 18.7 Å². The number of nitrogens with one attached hydrogen (secondary N) is 1. The molecule has 1 aliphatic rings. The SMILES string of the molecule is N#Cc1ccc(N2CCNCC(=O)C2)cc1. The first-order chi connectivity index (χ1) is 7.79. The molecule has 1 aliphatic heterocycles. The van der Waals surface area contributed by atoms with Crippen molar-refractivity contribution in [2.24, 2.45) is 0 Å². The second kappa shape index (κ2) is 4.77. The minimum absolute atomic E-state index is 0.196. The van der Waals surface area contributed by atoms with E-state index in [2.05, 4.69) is 11.4 Å². The van der Waals surface area contributed by atoms with Crippen molar-refractivity contribution >= 4 is 11.5 Å². The predicted octanol–water partition coefficient (Wildman–Crippen LogP) is 0.537. The van der Waals surface area contributed by atoms with Crippen LogP contribution in [-0.4, -0.2) is 32.0 Å². The third-order valence-corrected chi connectivity index (χ3v) is 2.61. The fraction of sp³-hybridized carbons (Fsp3) is 0.333. The van der Waals surface area contributed by atoms with E-state index >= 15 is 0 Å². The van der Waals surface area contributed by atoms with Gasteiger partial charge < -0.3 is 10.2 Å². The summed E-state index contributed by atoms with van der Waals surface area (Å²) >= 11 is 0. The molecule has 0 aromatic heterocycles. The fourth-order valence-electron chi connectivity index (χ4n) is 1.76. The lowest BCUT2D eigenvalue weighted by molar-refractivity contribution is -0.116. The molecule has 1 N–H and O–H groups in total. The van der Waals surface area contributed by atoms with E-state index in [1.54, 1.807) is 12.1 Å². The molecule has 1 fully saturated rings. The van der Waals surface area contributed by atoms with E-state index in [1.165, 1.54) is 0 Å². The first kappa shape index (κ1) is 10.7. The van der Waals surface area contributed by atoms with Crippen molar-refractivity contribution < 1.29 is 4.79 Å². The summed E-state index contributed by atoms with van der Waals surface area (Å²) in [5, 5.41) is 11.8. The van der Waals surface area contributed by atoms with Crippen LogP contribution in [0.1, 0.15) is 5.56 Å². The highest BCUT2D eigenvalue weighted by molar-refractivity contribution is 5.85. The number of ketones is 1. The molecule has 0 bridgehead atoms. The van der Waals surface area contributed by atoms with E-state index in [9.17, 15) is 4.79 Å².